The average Bonchev–Trinajstić information content (AvgIpc) is 2.46. The van der Waals surface area contributed by atoms with Crippen molar-refractivity contribution >= 4 is 23.7 Å². The van der Waals surface area contributed by atoms with E-state index in [1.807, 2.05) is 26.1 Å². The lowest BCUT2D eigenvalue weighted by Gasteiger charge is -2.11. The molecule has 0 aliphatic heterocycles. The molecule has 0 saturated carbocycles. The second-order valence-corrected chi connectivity index (χ2v) is 6.30. The van der Waals surface area contributed by atoms with E-state index in [-0.39, 0.29) is 11.5 Å². The van der Waals surface area contributed by atoms with Gasteiger partial charge < -0.3 is 16.2 Å². The highest BCUT2D eigenvalue weighted by Gasteiger charge is 2.14. The first kappa shape index (κ1) is 17.2. The van der Waals surface area contributed by atoms with Crippen LogP contribution in [0, 0.1) is 13.8 Å². The highest BCUT2D eigenvalue weighted by atomic mass is 32.2. The smallest absolute Gasteiger partial charge is 0.335 e. The fourth-order valence-electron chi connectivity index (χ4n) is 2.27. The van der Waals surface area contributed by atoms with E-state index in [1.165, 1.54) is 0 Å². The molecule has 0 aliphatic rings. The number of aryl methyl sites for hydroxylation is 2. The van der Waals surface area contributed by atoms with Crippen molar-refractivity contribution in [3.63, 3.8) is 0 Å². The van der Waals surface area contributed by atoms with Crippen molar-refractivity contribution in [3.8, 4) is 11.3 Å². The maximum atomic E-state index is 11.4. The molecule has 1 aromatic heterocycles. The zero-order valence-electron chi connectivity index (χ0n) is 13.4. The quantitative estimate of drug-likeness (QED) is 0.424. The van der Waals surface area contributed by atoms with E-state index in [2.05, 4.69) is 15.3 Å². The number of hydrogen-bond acceptors (Lipinski definition) is 6. The highest BCUT2D eigenvalue weighted by molar-refractivity contribution is 7.99. The molecule has 2 rings (SSSR count). The van der Waals surface area contributed by atoms with Gasteiger partial charge in [-0.2, -0.15) is 0 Å². The Balaban J connectivity index is 2.45. The predicted octanol–water partition coefficient (Wildman–Crippen LogP) is 2.35. The first-order chi connectivity index (χ1) is 10.9. The van der Waals surface area contributed by atoms with Crippen LogP contribution in [0.5, 0.6) is 0 Å². The Labute approximate surface area is 139 Å². The van der Waals surface area contributed by atoms with Crippen LogP contribution in [-0.2, 0) is 0 Å². The number of aromatic nitrogens is 2. The van der Waals surface area contributed by atoms with Gasteiger partial charge >= 0.3 is 5.97 Å². The number of nitrogens with two attached hydrogens (primary N) is 1. The first-order valence-corrected chi connectivity index (χ1v) is 8.17. The van der Waals surface area contributed by atoms with Crippen molar-refractivity contribution in [3.05, 3.63) is 34.9 Å². The van der Waals surface area contributed by atoms with Crippen LogP contribution in [0.3, 0.4) is 0 Å². The lowest BCUT2D eigenvalue weighted by atomic mass is 9.98. The molecule has 122 valence electrons. The molecule has 0 bridgehead atoms. The lowest BCUT2D eigenvalue weighted by Crippen LogP contribution is -2.10. The van der Waals surface area contributed by atoms with E-state index < -0.39 is 5.97 Å². The van der Waals surface area contributed by atoms with Crippen molar-refractivity contribution < 1.29 is 9.90 Å². The molecule has 4 N–H and O–H groups in total. The van der Waals surface area contributed by atoms with Crippen LogP contribution in [0.2, 0.25) is 0 Å². The standard InChI is InChI=1S/C16H20N4O2S/c1-9-6-10(2)12(15(21)22)7-11(9)13-8-14(20-16(17)19-13)23-5-4-18-3/h6-8,18H,4-5H2,1-3H3,(H,21,22)(H2,17,19,20). The van der Waals surface area contributed by atoms with E-state index in [0.717, 1.165) is 34.0 Å². The minimum atomic E-state index is -0.950. The average molecular weight is 332 g/mol. The van der Waals surface area contributed by atoms with Gasteiger partial charge in [-0.05, 0) is 44.2 Å². The molecule has 2 aromatic rings. The molecule has 0 spiro atoms. The van der Waals surface area contributed by atoms with Gasteiger partial charge in [0, 0.05) is 17.9 Å². The molecule has 7 heteroatoms. The van der Waals surface area contributed by atoms with Crippen LogP contribution in [-0.4, -0.2) is 40.4 Å². The zero-order chi connectivity index (χ0) is 17.0. The van der Waals surface area contributed by atoms with Crippen LogP contribution in [0.25, 0.3) is 11.3 Å². The molecule has 0 unspecified atom stereocenters. The number of carboxylic acids is 1. The normalized spacial score (nSPS) is 10.7. The van der Waals surface area contributed by atoms with Gasteiger partial charge in [0.15, 0.2) is 0 Å². The van der Waals surface area contributed by atoms with Crippen molar-refractivity contribution in [1.82, 2.24) is 15.3 Å². The Kier molecular flexibility index (Phi) is 5.57. The lowest BCUT2D eigenvalue weighted by molar-refractivity contribution is 0.0696. The van der Waals surface area contributed by atoms with Gasteiger partial charge in [0.25, 0.3) is 0 Å². The number of nitrogens with zero attached hydrogens (tertiary/aromatic N) is 2. The third-order valence-electron chi connectivity index (χ3n) is 3.40. The van der Waals surface area contributed by atoms with E-state index >= 15 is 0 Å². The molecular formula is C16H20N4O2S. The van der Waals surface area contributed by atoms with Gasteiger partial charge in [-0.15, -0.1) is 11.8 Å². The maximum absolute atomic E-state index is 11.4. The minimum Gasteiger partial charge on any atom is -0.478 e. The number of anilines is 1. The molecule has 0 aliphatic carbocycles. The summed E-state index contributed by atoms with van der Waals surface area (Å²) in [6, 6.07) is 5.35. The SMILES string of the molecule is CNCCSc1cc(-c2cc(C(=O)O)c(C)cc2C)nc(N)n1. The van der Waals surface area contributed by atoms with Gasteiger partial charge in [-0.25, -0.2) is 14.8 Å². The second-order valence-electron chi connectivity index (χ2n) is 5.19. The number of benzene rings is 1. The van der Waals surface area contributed by atoms with E-state index in [4.69, 9.17) is 5.73 Å². The minimum absolute atomic E-state index is 0.186. The number of nitrogens with one attached hydrogen (secondary N) is 1. The Bertz CT molecular complexity index is 734. The van der Waals surface area contributed by atoms with E-state index in [9.17, 15) is 9.90 Å². The number of carboxylic acid groups (broad SMARTS) is 1. The summed E-state index contributed by atoms with van der Waals surface area (Å²) in [5.74, 6) is 0.0975. The van der Waals surface area contributed by atoms with Crippen LogP contribution in [0.15, 0.2) is 23.2 Å². The third kappa shape index (κ3) is 4.20. The second kappa shape index (κ2) is 7.43. The molecule has 0 atom stereocenters. The summed E-state index contributed by atoms with van der Waals surface area (Å²) in [6.45, 7) is 4.57. The summed E-state index contributed by atoms with van der Waals surface area (Å²) in [5, 5.41) is 13.2. The van der Waals surface area contributed by atoms with Gasteiger partial charge in [0.1, 0.15) is 5.03 Å². The van der Waals surface area contributed by atoms with Crippen LogP contribution in [0.1, 0.15) is 21.5 Å². The zero-order valence-corrected chi connectivity index (χ0v) is 14.2. The van der Waals surface area contributed by atoms with E-state index in [0.29, 0.717) is 5.69 Å². The molecule has 0 fully saturated rings. The number of aromatic carboxylic acids is 1. The number of nitrogen functional groups attached to an aromatic ring is 1. The first-order valence-electron chi connectivity index (χ1n) is 7.19. The van der Waals surface area contributed by atoms with Gasteiger partial charge in [0.2, 0.25) is 5.95 Å². The summed E-state index contributed by atoms with van der Waals surface area (Å²) in [5.41, 5.74) is 9.17. The monoisotopic (exact) mass is 332 g/mol. The Morgan fingerprint density at radius 3 is 2.65 bits per heavy atom. The summed E-state index contributed by atoms with van der Waals surface area (Å²) in [7, 11) is 1.89. The van der Waals surface area contributed by atoms with Gasteiger partial charge in [0.05, 0.1) is 11.3 Å². The van der Waals surface area contributed by atoms with Crippen molar-refractivity contribution in [2.24, 2.45) is 0 Å². The van der Waals surface area contributed by atoms with Gasteiger partial charge in [-0.1, -0.05) is 6.07 Å². The van der Waals surface area contributed by atoms with Crippen molar-refractivity contribution in [2.75, 3.05) is 25.1 Å². The molecule has 6 nitrogen and oxygen atoms in total. The van der Waals surface area contributed by atoms with Crippen molar-refractivity contribution in [1.29, 1.82) is 0 Å². The Morgan fingerprint density at radius 1 is 1.26 bits per heavy atom. The Hall–Kier alpha value is -2.12. The van der Waals surface area contributed by atoms with Crippen LogP contribution >= 0.6 is 11.8 Å². The maximum Gasteiger partial charge on any atom is 0.335 e. The largest absolute Gasteiger partial charge is 0.478 e. The summed E-state index contributed by atoms with van der Waals surface area (Å²) >= 11 is 1.58. The van der Waals surface area contributed by atoms with Crippen LogP contribution in [0.4, 0.5) is 5.95 Å². The molecular weight excluding hydrogens is 312 g/mol. The fourth-order valence-corrected chi connectivity index (χ4v) is 3.14. The number of thioether (sulfide) groups is 1. The van der Waals surface area contributed by atoms with Gasteiger partial charge in [-0.3, -0.25) is 0 Å². The predicted molar refractivity (Wildman–Crippen MR) is 93.0 cm³/mol. The molecule has 23 heavy (non-hydrogen) atoms. The number of carbonyl (C=O) groups is 1. The molecule has 0 radical (unpaired) electrons. The highest BCUT2D eigenvalue weighted by Crippen LogP contribution is 2.28. The summed E-state index contributed by atoms with van der Waals surface area (Å²) < 4.78 is 0. The molecule has 0 saturated heterocycles. The summed E-state index contributed by atoms with van der Waals surface area (Å²) in [4.78, 5) is 19.8. The third-order valence-corrected chi connectivity index (χ3v) is 4.31. The van der Waals surface area contributed by atoms with Crippen LogP contribution < -0.4 is 11.1 Å². The molecule has 1 heterocycles. The number of rotatable bonds is 6. The van der Waals surface area contributed by atoms with E-state index in [1.54, 1.807) is 24.8 Å². The molecule has 1 aromatic carbocycles. The topological polar surface area (TPSA) is 101 Å². The van der Waals surface area contributed by atoms with Crippen molar-refractivity contribution in [2.45, 2.75) is 18.9 Å². The molecule has 0 amide bonds. The Morgan fingerprint density at radius 2 is 2.00 bits per heavy atom. The fraction of sp³-hybridized carbons (Fsp3) is 0.312. The number of hydrogen-bond donors (Lipinski definition) is 3. The summed E-state index contributed by atoms with van der Waals surface area (Å²) in [6.07, 6.45) is 0.